The van der Waals surface area contributed by atoms with Gasteiger partial charge in [0.15, 0.2) is 0 Å². The number of aromatic nitrogens is 1. The molecule has 1 aromatic carbocycles. The molecule has 0 unspecified atom stereocenters. The topological polar surface area (TPSA) is 118 Å². The molecule has 4 rings (SSSR count). The summed E-state index contributed by atoms with van der Waals surface area (Å²) >= 11 is 0. The van der Waals surface area contributed by atoms with Crippen molar-refractivity contribution in [3.63, 3.8) is 0 Å². The number of carboxylic acid groups (broad SMARTS) is 1. The van der Waals surface area contributed by atoms with Crippen molar-refractivity contribution in [2.24, 2.45) is 0 Å². The lowest BCUT2D eigenvalue weighted by Crippen LogP contribution is -2.46. The average molecular weight is 455 g/mol. The van der Waals surface area contributed by atoms with E-state index in [9.17, 15) is 9.59 Å². The predicted molar refractivity (Wildman–Crippen MR) is 125 cm³/mol. The summed E-state index contributed by atoms with van der Waals surface area (Å²) in [5.74, 6) is -0.171. The monoisotopic (exact) mass is 454 g/mol. The molecular weight excluding hydrogens is 424 g/mol. The van der Waals surface area contributed by atoms with Gasteiger partial charge in [-0.3, -0.25) is 14.5 Å². The van der Waals surface area contributed by atoms with E-state index >= 15 is 0 Å². The zero-order chi connectivity index (χ0) is 23.8. The van der Waals surface area contributed by atoms with Crippen LogP contribution < -0.4 is 15.5 Å². The molecule has 33 heavy (non-hydrogen) atoms. The van der Waals surface area contributed by atoms with Crippen LogP contribution in [0, 0.1) is 0 Å². The number of piperazine rings is 1. The van der Waals surface area contributed by atoms with Crippen LogP contribution in [0.2, 0.25) is 0 Å². The van der Waals surface area contributed by atoms with Crippen LogP contribution in [0.3, 0.4) is 0 Å². The van der Waals surface area contributed by atoms with E-state index in [0.29, 0.717) is 18.8 Å². The first-order valence-electron chi connectivity index (χ1n) is 10.9. The SMILES string of the molecule is CCN1Cc2ccc(CN3CCN(c4ccc(C(=O)NC)nc4)CC3)cc2NC1=O.O=CO. The molecule has 0 bridgehead atoms. The molecule has 0 spiro atoms. The van der Waals surface area contributed by atoms with Crippen molar-refractivity contribution in [2.75, 3.05) is 50.0 Å². The number of nitrogens with one attached hydrogen (secondary N) is 2. The maximum atomic E-state index is 12.1. The molecule has 2 aliphatic heterocycles. The second-order valence-electron chi connectivity index (χ2n) is 7.79. The van der Waals surface area contributed by atoms with Crippen molar-refractivity contribution in [3.8, 4) is 0 Å². The van der Waals surface area contributed by atoms with Gasteiger partial charge in [-0.15, -0.1) is 0 Å². The minimum atomic E-state index is -0.250. The maximum absolute atomic E-state index is 12.1. The van der Waals surface area contributed by atoms with Crippen LogP contribution in [0.1, 0.15) is 28.5 Å². The predicted octanol–water partition coefficient (Wildman–Crippen LogP) is 1.83. The molecule has 2 aliphatic rings. The molecule has 0 saturated carbocycles. The lowest BCUT2D eigenvalue weighted by Gasteiger charge is -2.36. The van der Waals surface area contributed by atoms with Crippen molar-refractivity contribution >= 4 is 29.8 Å². The second kappa shape index (κ2) is 11.3. The normalized spacial score (nSPS) is 15.6. The van der Waals surface area contributed by atoms with Gasteiger partial charge in [0, 0.05) is 58.5 Å². The number of nitrogens with zero attached hydrogens (tertiary/aromatic N) is 4. The number of benzene rings is 1. The van der Waals surface area contributed by atoms with Gasteiger partial charge in [-0.2, -0.15) is 0 Å². The summed E-state index contributed by atoms with van der Waals surface area (Å²) in [6.45, 7) is 7.70. The Kier molecular flexibility index (Phi) is 8.20. The molecule has 0 aliphatic carbocycles. The number of rotatable bonds is 5. The zero-order valence-electron chi connectivity index (χ0n) is 19.0. The van der Waals surface area contributed by atoms with Crippen molar-refractivity contribution in [1.29, 1.82) is 0 Å². The standard InChI is InChI=1S/C22H28N6O2.CH2O2/c1-3-27-15-17-5-4-16(12-20(17)25-22(27)30)14-26-8-10-28(11-9-26)18-6-7-19(24-13-18)21(29)23-2;2-1-3/h4-7,12-13H,3,8-11,14-15H2,1-2H3,(H,23,29)(H,25,30);1H,(H,2,3). The molecule has 0 atom stereocenters. The fourth-order valence-corrected chi connectivity index (χ4v) is 3.96. The first-order valence-corrected chi connectivity index (χ1v) is 10.9. The van der Waals surface area contributed by atoms with E-state index < -0.39 is 0 Å². The van der Waals surface area contributed by atoms with Gasteiger partial charge in [-0.05, 0) is 36.2 Å². The van der Waals surface area contributed by atoms with Gasteiger partial charge in [0.05, 0.1) is 11.9 Å². The number of anilines is 2. The summed E-state index contributed by atoms with van der Waals surface area (Å²) in [5.41, 5.74) is 4.78. The third-order valence-electron chi connectivity index (χ3n) is 5.80. The highest BCUT2D eigenvalue weighted by Gasteiger charge is 2.22. The quantitative estimate of drug-likeness (QED) is 0.590. The van der Waals surface area contributed by atoms with E-state index in [2.05, 4.69) is 43.6 Å². The Hall–Kier alpha value is -3.66. The van der Waals surface area contributed by atoms with Gasteiger partial charge in [0.25, 0.3) is 12.4 Å². The van der Waals surface area contributed by atoms with Crippen molar-refractivity contribution in [1.82, 2.24) is 20.1 Å². The van der Waals surface area contributed by atoms with Crippen molar-refractivity contribution in [2.45, 2.75) is 20.0 Å². The van der Waals surface area contributed by atoms with Crippen LogP contribution >= 0.6 is 0 Å². The van der Waals surface area contributed by atoms with E-state index in [1.54, 1.807) is 24.2 Å². The van der Waals surface area contributed by atoms with Crippen LogP contribution in [0.4, 0.5) is 16.2 Å². The number of carbonyl (C=O) groups excluding carboxylic acids is 2. The lowest BCUT2D eigenvalue weighted by molar-refractivity contribution is -0.122. The Balaban J connectivity index is 0.000000968. The third kappa shape index (κ3) is 5.98. The zero-order valence-corrected chi connectivity index (χ0v) is 19.0. The van der Waals surface area contributed by atoms with E-state index in [1.165, 1.54) is 5.56 Å². The van der Waals surface area contributed by atoms with Crippen LogP contribution in [0.5, 0.6) is 0 Å². The second-order valence-corrected chi connectivity index (χ2v) is 7.79. The molecular formula is C23H30N6O4. The highest BCUT2D eigenvalue weighted by Crippen LogP contribution is 2.25. The fraction of sp³-hybridized carbons (Fsp3) is 0.391. The van der Waals surface area contributed by atoms with Gasteiger partial charge in [0.2, 0.25) is 0 Å². The van der Waals surface area contributed by atoms with Crippen LogP contribution in [-0.2, 0) is 17.9 Å². The summed E-state index contributed by atoms with van der Waals surface area (Å²) in [6.07, 6.45) is 1.77. The molecule has 1 aromatic heterocycles. The van der Waals surface area contributed by atoms with Gasteiger partial charge in [0.1, 0.15) is 5.69 Å². The molecule has 0 radical (unpaired) electrons. The van der Waals surface area contributed by atoms with Gasteiger partial charge < -0.3 is 25.5 Å². The number of fused-ring (bicyclic) bond motifs is 1. The average Bonchev–Trinajstić information content (AvgIpc) is 2.84. The molecule has 2 aromatic rings. The van der Waals surface area contributed by atoms with Gasteiger partial charge >= 0.3 is 6.03 Å². The largest absolute Gasteiger partial charge is 0.483 e. The molecule has 3 N–H and O–H groups in total. The van der Waals surface area contributed by atoms with E-state index in [0.717, 1.165) is 49.7 Å². The molecule has 176 valence electrons. The Morgan fingerprint density at radius 3 is 2.55 bits per heavy atom. The molecule has 10 heteroatoms. The Morgan fingerprint density at radius 1 is 1.21 bits per heavy atom. The number of hydrogen-bond donors (Lipinski definition) is 3. The Bertz CT molecular complexity index is 973. The minimum Gasteiger partial charge on any atom is -0.483 e. The molecule has 1 saturated heterocycles. The molecule has 3 amide bonds. The fourth-order valence-electron chi connectivity index (χ4n) is 3.96. The van der Waals surface area contributed by atoms with Gasteiger partial charge in [-0.25, -0.2) is 9.78 Å². The highest BCUT2D eigenvalue weighted by molar-refractivity contribution is 5.92. The Labute approximate surface area is 193 Å². The minimum absolute atomic E-state index is 0.0215. The van der Waals surface area contributed by atoms with E-state index in [1.807, 2.05) is 13.0 Å². The van der Waals surface area contributed by atoms with Gasteiger partial charge in [-0.1, -0.05) is 12.1 Å². The smallest absolute Gasteiger partial charge is 0.322 e. The van der Waals surface area contributed by atoms with Crippen LogP contribution in [0.25, 0.3) is 0 Å². The van der Waals surface area contributed by atoms with E-state index in [-0.39, 0.29) is 18.4 Å². The summed E-state index contributed by atoms with van der Waals surface area (Å²) < 4.78 is 0. The summed E-state index contributed by atoms with van der Waals surface area (Å²) in [5, 5.41) is 12.5. The molecule has 3 heterocycles. The lowest BCUT2D eigenvalue weighted by atomic mass is 10.1. The van der Waals surface area contributed by atoms with Crippen LogP contribution in [-0.4, -0.2) is 78.1 Å². The van der Waals surface area contributed by atoms with Crippen molar-refractivity contribution in [3.05, 3.63) is 53.3 Å². The van der Waals surface area contributed by atoms with E-state index in [4.69, 9.17) is 9.90 Å². The summed E-state index contributed by atoms with van der Waals surface area (Å²) in [4.78, 5) is 42.9. The first-order chi connectivity index (χ1) is 16.0. The number of urea groups is 1. The van der Waals surface area contributed by atoms with Crippen molar-refractivity contribution < 1.29 is 19.5 Å². The summed E-state index contributed by atoms with van der Waals surface area (Å²) in [7, 11) is 1.60. The third-order valence-corrected chi connectivity index (χ3v) is 5.80. The number of hydrogen-bond acceptors (Lipinski definition) is 6. The highest BCUT2D eigenvalue weighted by atomic mass is 16.3. The number of carbonyl (C=O) groups is 3. The van der Waals surface area contributed by atoms with Crippen LogP contribution in [0.15, 0.2) is 36.5 Å². The maximum Gasteiger partial charge on any atom is 0.322 e. The molecule has 10 nitrogen and oxygen atoms in total. The number of pyridine rings is 1. The number of amides is 3. The molecule has 1 fully saturated rings. The first kappa shape index (κ1) is 24.0. The Morgan fingerprint density at radius 2 is 1.94 bits per heavy atom. The summed E-state index contributed by atoms with van der Waals surface area (Å²) in [6, 6.07) is 10.1.